The maximum atomic E-state index is 5.15. The first-order valence-corrected chi connectivity index (χ1v) is 4.90. The van der Waals surface area contributed by atoms with Gasteiger partial charge in [0.2, 0.25) is 5.88 Å². The van der Waals surface area contributed by atoms with E-state index in [0.29, 0.717) is 11.8 Å². The van der Waals surface area contributed by atoms with Crippen molar-refractivity contribution in [1.82, 2.24) is 15.1 Å². The number of aryl methyl sites for hydroxylation is 1. The van der Waals surface area contributed by atoms with Gasteiger partial charge in [0.15, 0.2) is 0 Å². The highest BCUT2D eigenvalue weighted by atomic mass is 16.5. The summed E-state index contributed by atoms with van der Waals surface area (Å²) in [6.45, 7) is 6.20. The van der Waals surface area contributed by atoms with Crippen LogP contribution in [0.5, 0.6) is 5.88 Å². The molecule has 0 saturated carbocycles. The summed E-state index contributed by atoms with van der Waals surface area (Å²) in [5, 5.41) is 7.54. The predicted octanol–water partition coefficient (Wildman–Crippen LogP) is 1.17. The molecule has 1 rings (SSSR count). The van der Waals surface area contributed by atoms with Crippen LogP contribution in [0.1, 0.15) is 19.4 Å². The van der Waals surface area contributed by atoms with Gasteiger partial charge in [0.05, 0.1) is 7.11 Å². The van der Waals surface area contributed by atoms with E-state index in [-0.39, 0.29) is 0 Å². The van der Waals surface area contributed by atoms with E-state index in [1.54, 1.807) is 11.8 Å². The Morgan fingerprint density at radius 3 is 2.86 bits per heavy atom. The van der Waals surface area contributed by atoms with E-state index in [1.807, 2.05) is 13.2 Å². The molecular formula is C10H19N3O. The number of hydrogen-bond acceptors (Lipinski definition) is 3. The van der Waals surface area contributed by atoms with E-state index in [0.717, 1.165) is 18.7 Å². The van der Waals surface area contributed by atoms with Gasteiger partial charge < -0.3 is 10.1 Å². The largest absolute Gasteiger partial charge is 0.480 e. The van der Waals surface area contributed by atoms with Crippen LogP contribution in [-0.2, 0) is 13.6 Å². The predicted molar refractivity (Wildman–Crippen MR) is 56.3 cm³/mol. The van der Waals surface area contributed by atoms with Crippen LogP contribution in [0.4, 0.5) is 0 Å². The summed E-state index contributed by atoms with van der Waals surface area (Å²) in [6.07, 6.45) is 1.98. The summed E-state index contributed by atoms with van der Waals surface area (Å²) in [5.41, 5.74) is 1.11. The van der Waals surface area contributed by atoms with Crippen LogP contribution >= 0.6 is 0 Å². The quantitative estimate of drug-likeness (QED) is 0.770. The molecule has 0 amide bonds. The second kappa shape index (κ2) is 5.00. The highest BCUT2D eigenvalue weighted by Crippen LogP contribution is 2.13. The van der Waals surface area contributed by atoms with Gasteiger partial charge in [-0.2, -0.15) is 0 Å². The molecule has 0 spiro atoms. The second-order valence-electron chi connectivity index (χ2n) is 3.86. The lowest BCUT2D eigenvalue weighted by molar-refractivity contribution is 0.386. The molecule has 0 aliphatic heterocycles. The van der Waals surface area contributed by atoms with E-state index in [1.165, 1.54) is 0 Å². The Hall–Kier alpha value is -1.03. The zero-order valence-electron chi connectivity index (χ0n) is 9.37. The van der Waals surface area contributed by atoms with Gasteiger partial charge in [-0.15, -0.1) is 5.10 Å². The summed E-state index contributed by atoms with van der Waals surface area (Å²) in [6, 6.07) is 0. The van der Waals surface area contributed by atoms with E-state index in [4.69, 9.17) is 4.74 Å². The fourth-order valence-corrected chi connectivity index (χ4v) is 1.31. The SMILES string of the molecule is COc1nn(C)cc1CNCC(C)C. The van der Waals surface area contributed by atoms with Crippen LogP contribution in [0.3, 0.4) is 0 Å². The standard InChI is InChI=1S/C10H19N3O/c1-8(2)5-11-6-9-7-13(3)12-10(9)14-4/h7-8,11H,5-6H2,1-4H3. The molecule has 1 heterocycles. The van der Waals surface area contributed by atoms with Crippen molar-refractivity contribution in [1.29, 1.82) is 0 Å². The molecule has 0 radical (unpaired) electrons. The lowest BCUT2D eigenvalue weighted by Crippen LogP contribution is -2.18. The smallest absolute Gasteiger partial charge is 0.237 e. The van der Waals surface area contributed by atoms with Crippen molar-refractivity contribution >= 4 is 0 Å². The van der Waals surface area contributed by atoms with Crippen molar-refractivity contribution < 1.29 is 4.74 Å². The van der Waals surface area contributed by atoms with Gasteiger partial charge in [0.25, 0.3) is 0 Å². The Balaban J connectivity index is 2.48. The van der Waals surface area contributed by atoms with Crippen molar-refractivity contribution in [2.24, 2.45) is 13.0 Å². The number of nitrogens with one attached hydrogen (secondary N) is 1. The van der Waals surface area contributed by atoms with Gasteiger partial charge >= 0.3 is 0 Å². The van der Waals surface area contributed by atoms with Crippen LogP contribution in [-0.4, -0.2) is 23.4 Å². The second-order valence-corrected chi connectivity index (χ2v) is 3.86. The number of aromatic nitrogens is 2. The van der Waals surface area contributed by atoms with Crippen LogP contribution in [0, 0.1) is 5.92 Å². The van der Waals surface area contributed by atoms with Crippen LogP contribution in [0.15, 0.2) is 6.20 Å². The molecule has 0 aromatic carbocycles. The molecule has 1 N–H and O–H groups in total. The lowest BCUT2D eigenvalue weighted by atomic mass is 10.2. The van der Waals surface area contributed by atoms with Crippen molar-refractivity contribution in [2.75, 3.05) is 13.7 Å². The monoisotopic (exact) mass is 197 g/mol. The molecule has 80 valence electrons. The Morgan fingerprint density at radius 2 is 2.29 bits per heavy atom. The van der Waals surface area contributed by atoms with Crippen LogP contribution in [0.2, 0.25) is 0 Å². The number of hydrogen-bond donors (Lipinski definition) is 1. The Labute approximate surface area is 85.3 Å². The molecule has 4 heteroatoms. The maximum absolute atomic E-state index is 5.15. The van der Waals surface area contributed by atoms with Crippen molar-refractivity contribution in [3.63, 3.8) is 0 Å². The molecule has 1 aromatic heterocycles. The fourth-order valence-electron chi connectivity index (χ4n) is 1.31. The minimum atomic E-state index is 0.665. The first-order valence-electron chi connectivity index (χ1n) is 4.90. The average Bonchev–Trinajstić information content (AvgIpc) is 2.45. The third-order valence-corrected chi connectivity index (χ3v) is 1.93. The zero-order chi connectivity index (χ0) is 10.6. The maximum Gasteiger partial charge on any atom is 0.237 e. The summed E-state index contributed by atoms with van der Waals surface area (Å²) in [7, 11) is 3.54. The third kappa shape index (κ3) is 3.03. The Bertz CT molecular complexity index is 281. The molecule has 0 aliphatic rings. The van der Waals surface area contributed by atoms with Gasteiger partial charge in [0, 0.05) is 25.4 Å². The van der Waals surface area contributed by atoms with Gasteiger partial charge in [-0.05, 0) is 12.5 Å². The summed E-state index contributed by atoms with van der Waals surface area (Å²) in [4.78, 5) is 0. The van der Waals surface area contributed by atoms with E-state index >= 15 is 0 Å². The highest BCUT2D eigenvalue weighted by Gasteiger charge is 2.06. The number of ether oxygens (including phenoxy) is 1. The van der Waals surface area contributed by atoms with Gasteiger partial charge in [-0.3, -0.25) is 4.68 Å². The first-order chi connectivity index (χ1) is 6.63. The van der Waals surface area contributed by atoms with Gasteiger partial charge in [0.1, 0.15) is 0 Å². The zero-order valence-corrected chi connectivity index (χ0v) is 9.37. The molecule has 0 atom stereocenters. The van der Waals surface area contributed by atoms with Crippen molar-refractivity contribution in [3.05, 3.63) is 11.8 Å². The van der Waals surface area contributed by atoms with Crippen molar-refractivity contribution in [3.8, 4) is 5.88 Å². The van der Waals surface area contributed by atoms with E-state index in [2.05, 4.69) is 24.3 Å². The molecule has 14 heavy (non-hydrogen) atoms. The van der Waals surface area contributed by atoms with Crippen LogP contribution < -0.4 is 10.1 Å². The average molecular weight is 197 g/mol. The van der Waals surface area contributed by atoms with Gasteiger partial charge in [-0.25, -0.2) is 0 Å². The fraction of sp³-hybridized carbons (Fsp3) is 0.700. The highest BCUT2D eigenvalue weighted by molar-refractivity contribution is 5.22. The number of nitrogens with zero attached hydrogens (tertiary/aromatic N) is 2. The Morgan fingerprint density at radius 1 is 1.57 bits per heavy atom. The minimum absolute atomic E-state index is 0.665. The summed E-state index contributed by atoms with van der Waals surface area (Å²) < 4.78 is 6.92. The van der Waals surface area contributed by atoms with Crippen molar-refractivity contribution in [2.45, 2.75) is 20.4 Å². The topological polar surface area (TPSA) is 39.1 Å². The molecule has 4 nitrogen and oxygen atoms in total. The van der Waals surface area contributed by atoms with Crippen LogP contribution in [0.25, 0.3) is 0 Å². The molecule has 1 aromatic rings. The summed E-state index contributed by atoms with van der Waals surface area (Å²) >= 11 is 0. The minimum Gasteiger partial charge on any atom is -0.480 e. The van der Waals surface area contributed by atoms with E-state index in [9.17, 15) is 0 Å². The molecule has 0 fully saturated rings. The first kappa shape index (κ1) is 11.0. The number of rotatable bonds is 5. The molecule has 0 saturated heterocycles. The molecule has 0 aliphatic carbocycles. The number of methoxy groups -OCH3 is 1. The third-order valence-electron chi connectivity index (χ3n) is 1.93. The Kier molecular flexibility index (Phi) is 3.95. The summed E-state index contributed by atoms with van der Waals surface area (Å²) in [5.74, 6) is 1.38. The van der Waals surface area contributed by atoms with E-state index < -0.39 is 0 Å². The van der Waals surface area contributed by atoms with Gasteiger partial charge in [-0.1, -0.05) is 13.8 Å². The molecule has 0 unspecified atom stereocenters. The molecular weight excluding hydrogens is 178 g/mol. The lowest BCUT2D eigenvalue weighted by Gasteiger charge is -2.06. The normalized spacial score (nSPS) is 10.9. The molecule has 0 bridgehead atoms.